The number of rotatable bonds is 12. The molecule has 0 amide bonds. The molecule has 0 unspecified atom stereocenters. The summed E-state index contributed by atoms with van der Waals surface area (Å²) in [5.41, 5.74) is 0.501. The van der Waals surface area contributed by atoms with Crippen molar-refractivity contribution in [3.8, 4) is 11.5 Å². The SMILES string of the molecule is O=S(=O)([O-])c1cc(O)c2c(N=Nc3ccc(N=Nc4ccc(N=Nc5c(S(=O)(=O)[O-])cc6cc(Nc7ccccc7)ccc6c5O)c5cc(S(=O)(=O)[O-])ccc45)c4ccccc34)cc(S(=O)(=O)[O-])cc2c1.[Na+].[Na+].[Na+].[Na+]. The molecule has 75 heavy (non-hydrogen) atoms. The predicted molar refractivity (Wildman–Crippen MR) is 253 cm³/mol. The van der Waals surface area contributed by atoms with E-state index in [4.69, 9.17) is 0 Å². The van der Waals surface area contributed by atoms with Gasteiger partial charge in [0.25, 0.3) is 0 Å². The van der Waals surface area contributed by atoms with Gasteiger partial charge in [0.15, 0.2) is 5.75 Å². The van der Waals surface area contributed by atoms with Gasteiger partial charge in [-0.1, -0.05) is 48.5 Å². The summed E-state index contributed by atoms with van der Waals surface area (Å²) >= 11 is 0. The van der Waals surface area contributed by atoms with E-state index in [9.17, 15) is 62.1 Å². The zero-order valence-corrected chi connectivity index (χ0v) is 50.7. The first kappa shape index (κ1) is 61.7. The predicted octanol–water partition coefficient (Wildman–Crippen LogP) is -1.67. The van der Waals surface area contributed by atoms with E-state index in [-0.39, 0.29) is 179 Å². The van der Waals surface area contributed by atoms with Crippen LogP contribution in [0.2, 0.25) is 0 Å². The second kappa shape index (κ2) is 24.3. The van der Waals surface area contributed by atoms with E-state index >= 15 is 0 Å². The number of benzene rings is 9. The molecule has 3 N–H and O–H groups in total. The Morgan fingerprint density at radius 2 is 0.840 bits per heavy atom. The van der Waals surface area contributed by atoms with Gasteiger partial charge < -0.3 is 33.7 Å². The minimum Gasteiger partial charge on any atom is -0.744 e. The largest absolute Gasteiger partial charge is 1.00 e. The smallest absolute Gasteiger partial charge is 0.744 e. The van der Waals surface area contributed by atoms with Crippen molar-refractivity contribution in [2.24, 2.45) is 30.7 Å². The molecule has 0 aromatic heterocycles. The Kier molecular flexibility index (Phi) is 20.0. The van der Waals surface area contributed by atoms with Crippen LogP contribution in [0.25, 0.3) is 43.1 Å². The van der Waals surface area contributed by atoms with Crippen LogP contribution in [0.3, 0.4) is 0 Å². The summed E-state index contributed by atoms with van der Waals surface area (Å²) in [6.07, 6.45) is 0. The summed E-state index contributed by atoms with van der Waals surface area (Å²) in [6.45, 7) is 0. The Labute approximate surface area is 515 Å². The number of nitrogens with one attached hydrogen (secondary N) is 1. The summed E-state index contributed by atoms with van der Waals surface area (Å²) in [6, 6.07) is 33.1. The van der Waals surface area contributed by atoms with Crippen LogP contribution in [0, 0.1) is 0 Å². The third-order valence-electron chi connectivity index (χ3n) is 10.8. The van der Waals surface area contributed by atoms with Crippen LogP contribution in [-0.2, 0) is 40.5 Å². The molecule has 0 heterocycles. The maximum atomic E-state index is 12.6. The number of anilines is 2. The molecule has 0 saturated heterocycles. The quantitative estimate of drug-likeness (QED) is 0.0700. The molecule has 0 saturated carbocycles. The maximum Gasteiger partial charge on any atom is 1.00 e. The van der Waals surface area contributed by atoms with E-state index in [1.54, 1.807) is 54.6 Å². The van der Waals surface area contributed by atoms with Gasteiger partial charge in [0.2, 0.25) is 0 Å². The second-order valence-corrected chi connectivity index (χ2v) is 20.8. The molecular weight excluding hydrogens is 1090 g/mol. The van der Waals surface area contributed by atoms with Crippen LogP contribution in [0.15, 0.2) is 196 Å². The molecule has 0 radical (unpaired) electrons. The number of para-hydroxylation sites is 1. The first-order valence-corrected chi connectivity index (χ1v) is 25.8. The number of phenols is 2. The van der Waals surface area contributed by atoms with Crippen LogP contribution >= 0.6 is 0 Å². The summed E-state index contributed by atoms with van der Waals surface area (Å²) < 4.78 is 146. The van der Waals surface area contributed by atoms with Gasteiger partial charge in [-0.2, -0.15) is 0 Å². The standard InChI is InChI=1S/C46H31N7O14S4.4Na/c54-42-24-31(70(62,63)64)20-26-19-30(69(59,60)61)23-41(44(26)42)52-50-38-15-14-37(33-8-4-5-9-34(33)38)48-49-39-16-17-40(36-22-29(68(56,57)58)11-13-35(36)39)51-53-45-43(71(65,66)67)21-25-18-28(10-12-32(25)46(45)55)47-27-6-2-1-3-7-27;;;;/h1-24,47,54-55H,(H,56,57,58)(H,59,60,61)(H,62,63,64)(H,65,66,67);;;;/q;4*+1/p-4. The van der Waals surface area contributed by atoms with Gasteiger partial charge in [0.05, 0.1) is 53.4 Å². The van der Waals surface area contributed by atoms with E-state index in [1.165, 1.54) is 42.5 Å². The van der Waals surface area contributed by atoms with Crippen LogP contribution in [0.5, 0.6) is 11.5 Å². The van der Waals surface area contributed by atoms with Crippen molar-refractivity contribution in [2.45, 2.75) is 19.6 Å². The normalized spacial score (nSPS) is 12.2. The molecule has 0 aliphatic rings. The minimum absolute atomic E-state index is 0. The Balaban J connectivity index is 0.00000260. The Morgan fingerprint density at radius 3 is 1.37 bits per heavy atom. The van der Waals surface area contributed by atoms with Crippen molar-refractivity contribution < 1.29 is 180 Å². The Morgan fingerprint density at radius 1 is 0.373 bits per heavy atom. The van der Waals surface area contributed by atoms with Crippen LogP contribution in [0.4, 0.5) is 45.5 Å². The molecule has 0 fully saturated rings. The van der Waals surface area contributed by atoms with Gasteiger partial charge in [0.1, 0.15) is 51.9 Å². The average molecular weight is 1120 g/mol. The molecular formula is C46H27N7Na4O14S4. The first-order chi connectivity index (χ1) is 33.5. The molecule has 0 aliphatic heterocycles. The van der Waals surface area contributed by atoms with Crippen LogP contribution in [-0.4, -0.2) is 62.1 Å². The summed E-state index contributed by atoms with van der Waals surface area (Å²) in [4.78, 5) is -3.33. The molecule has 0 bridgehead atoms. The third kappa shape index (κ3) is 13.6. The molecule has 9 aromatic carbocycles. The van der Waals surface area contributed by atoms with Crippen LogP contribution < -0.4 is 124 Å². The fourth-order valence-corrected chi connectivity index (χ4v) is 9.77. The van der Waals surface area contributed by atoms with Gasteiger partial charge in [-0.25, -0.2) is 33.7 Å². The summed E-state index contributed by atoms with van der Waals surface area (Å²) in [7, 11) is -20.6. The summed E-state index contributed by atoms with van der Waals surface area (Å²) in [5, 5.41) is 51.1. The zero-order valence-electron chi connectivity index (χ0n) is 39.5. The number of phenolic OH excluding ortho intramolecular Hbond substituents is 2. The number of fused-ring (bicyclic) bond motifs is 4. The fourth-order valence-electron chi connectivity index (χ4n) is 7.58. The van der Waals surface area contributed by atoms with Gasteiger partial charge >= 0.3 is 118 Å². The van der Waals surface area contributed by atoms with Crippen molar-refractivity contribution >= 4 is 129 Å². The van der Waals surface area contributed by atoms with Gasteiger partial charge in [-0.3, -0.25) is 0 Å². The van der Waals surface area contributed by atoms with E-state index in [0.29, 0.717) is 28.2 Å². The van der Waals surface area contributed by atoms with Crippen molar-refractivity contribution in [3.63, 3.8) is 0 Å². The molecule has 0 spiro atoms. The Bertz CT molecular complexity index is 4310. The van der Waals surface area contributed by atoms with Gasteiger partial charge in [0, 0.05) is 38.3 Å². The Hall–Kier alpha value is -4.14. The number of hydrogen-bond donors (Lipinski definition) is 3. The van der Waals surface area contributed by atoms with Crippen molar-refractivity contribution in [1.82, 2.24) is 0 Å². The van der Waals surface area contributed by atoms with Crippen molar-refractivity contribution in [2.75, 3.05) is 5.32 Å². The molecule has 0 atom stereocenters. The van der Waals surface area contributed by atoms with Gasteiger partial charge in [-0.15, -0.1) is 30.7 Å². The van der Waals surface area contributed by atoms with Crippen LogP contribution in [0.1, 0.15) is 0 Å². The molecule has 0 aliphatic carbocycles. The third-order valence-corrected chi connectivity index (χ3v) is 14.1. The van der Waals surface area contributed by atoms with E-state index in [0.717, 1.165) is 36.4 Å². The second-order valence-electron chi connectivity index (χ2n) is 15.4. The maximum absolute atomic E-state index is 12.6. The molecule has 21 nitrogen and oxygen atoms in total. The topological polar surface area (TPSA) is 355 Å². The monoisotopic (exact) mass is 1120 g/mol. The number of nitrogens with zero attached hydrogens (tertiary/aromatic N) is 6. The van der Waals surface area contributed by atoms with E-state index in [1.807, 2.05) is 6.07 Å². The van der Waals surface area contributed by atoms with E-state index in [2.05, 4.69) is 36.0 Å². The summed E-state index contributed by atoms with van der Waals surface area (Å²) in [5.74, 6) is -1.47. The number of aromatic hydroxyl groups is 2. The van der Waals surface area contributed by atoms with Crippen molar-refractivity contribution in [1.29, 1.82) is 0 Å². The van der Waals surface area contributed by atoms with E-state index < -0.39 is 77.2 Å². The minimum atomic E-state index is -5.30. The molecule has 9 rings (SSSR count). The number of azo groups is 3. The van der Waals surface area contributed by atoms with Gasteiger partial charge in [-0.05, 0) is 108 Å². The molecule has 358 valence electrons. The fraction of sp³-hybridized carbons (Fsp3) is 0. The average Bonchev–Trinajstić information content (AvgIpc) is 3.31. The van der Waals surface area contributed by atoms with Crippen molar-refractivity contribution in [3.05, 3.63) is 146 Å². The number of hydrogen-bond acceptors (Lipinski definition) is 21. The molecule has 29 heteroatoms. The molecule has 9 aromatic rings. The first-order valence-electron chi connectivity index (χ1n) is 20.1. The zero-order chi connectivity index (χ0) is 50.6.